The van der Waals surface area contributed by atoms with Crippen LogP contribution in [0.15, 0.2) is 0 Å². The van der Waals surface area contributed by atoms with Gasteiger partial charge in [0.25, 0.3) is 0 Å². The van der Waals surface area contributed by atoms with Crippen molar-refractivity contribution in [1.29, 1.82) is 0 Å². The Labute approximate surface area is 71.4 Å². The van der Waals surface area contributed by atoms with Crippen molar-refractivity contribution < 1.29 is 0 Å². The monoisotopic (exact) mass is 153 g/mol. The molecule has 0 saturated heterocycles. The predicted molar refractivity (Wildman–Crippen MR) is 50.2 cm³/mol. The fourth-order valence-electron chi connectivity index (χ4n) is 2.13. The standard InChI is InChI=1S/C11H21/c1-8-5-6-9(2)11(4)10(3)7-8/h6,8-11H,5,7H2,1-4H3. The summed E-state index contributed by atoms with van der Waals surface area (Å²) in [4.78, 5) is 0. The number of hydrogen-bond acceptors (Lipinski definition) is 0. The van der Waals surface area contributed by atoms with Crippen LogP contribution in [0.4, 0.5) is 0 Å². The van der Waals surface area contributed by atoms with E-state index in [1.165, 1.54) is 12.8 Å². The second kappa shape index (κ2) is 3.60. The van der Waals surface area contributed by atoms with Gasteiger partial charge in [-0.05, 0) is 42.9 Å². The largest absolute Gasteiger partial charge is 0.0625 e. The first-order valence-electron chi connectivity index (χ1n) is 4.94. The van der Waals surface area contributed by atoms with Crippen LogP contribution in [-0.2, 0) is 0 Å². The lowest BCUT2D eigenvalue weighted by atomic mass is 9.84. The third-order valence-electron chi connectivity index (χ3n) is 3.41. The van der Waals surface area contributed by atoms with Crippen LogP contribution in [0.2, 0.25) is 0 Å². The Morgan fingerprint density at radius 1 is 1.09 bits per heavy atom. The average molecular weight is 153 g/mol. The summed E-state index contributed by atoms with van der Waals surface area (Å²) in [5.41, 5.74) is 0. The second-order valence-electron chi connectivity index (χ2n) is 4.51. The molecule has 0 N–H and O–H groups in total. The molecule has 0 heteroatoms. The van der Waals surface area contributed by atoms with Crippen LogP contribution < -0.4 is 0 Å². The van der Waals surface area contributed by atoms with E-state index in [0.717, 1.165) is 23.7 Å². The Balaban J connectivity index is 2.53. The van der Waals surface area contributed by atoms with Gasteiger partial charge >= 0.3 is 0 Å². The molecule has 0 aliphatic heterocycles. The Morgan fingerprint density at radius 2 is 1.73 bits per heavy atom. The van der Waals surface area contributed by atoms with Crippen LogP contribution in [0.1, 0.15) is 40.5 Å². The van der Waals surface area contributed by atoms with Crippen molar-refractivity contribution in [2.75, 3.05) is 0 Å². The molecule has 65 valence electrons. The van der Waals surface area contributed by atoms with Crippen molar-refractivity contribution in [2.24, 2.45) is 23.7 Å². The van der Waals surface area contributed by atoms with Crippen molar-refractivity contribution in [1.82, 2.24) is 0 Å². The van der Waals surface area contributed by atoms with Crippen LogP contribution >= 0.6 is 0 Å². The van der Waals surface area contributed by atoms with E-state index < -0.39 is 0 Å². The molecule has 1 rings (SSSR count). The first kappa shape index (κ1) is 9.09. The molecule has 1 aliphatic carbocycles. The Kier molecular flexibility index (Phi) is 2.98. The van der Waals surface area contributed by atoms with Crippen molar-refractivity contribution in [3.05, 3.63) is 6.42 Å². The summed E-state index contributed by atoms with van der Waals surface area (Å²) >= 11 is 0. The highest BCUT2D eigenvalue weighted by atomic mass is 14.3. The molecule has 0 aromatic rings. The number of hydrogen-bond donors (Lipinski definition) is 0. The van der Waals surface area contributed by atoms with Crippen LogP contribution in [0.3, 0.4) is 0 Å². The SMILES string of the molecule is CC1C[CH]C(C)C(C)C(C)C1. The molecule has 0 heterocycles. The molecule has 4 unspecified atom stereocenters. The first-order valence-corrected chi connectivity index (χ1v) is 4.94. The van der Waals surface area contributed by atoms with Crippen molar-refractivity contribution in [2.45, 2.75) is 40.5 Å². The van der Waals surface area contributed by atoms with Gasteiger partial charge in [0.15, 0.2) is 0 Å². The minimum absolute atomic E-state index is 0.829. The van der Waals surface area contributed by atoms with E-state index in [2.05, 4.69) is 34.1 Å². The van der Waals surface area contributed by atoms with Crippen molar-refractivity contribution >= 4 is 0 Å². The maximum atomic E-state index is 2.51. The summed E-state index contributed by atoms with van der Waals surface area (Å²) in [6, 6.07) is 0. The summed E-state index contributed by atoms with van der Waals surface area (Å²) in [6.07, 6.45) is 5.26. The lowest BCUT2D eigenvalue weighted by Gasteiger charge is -2.22. The third kappa shape index (κ3) is 2.21. The average Bonchev–Trinajstić information content (AvgIpc) is 2.05. The van der Waals surface area contributed by atoms with Crippen LogP contribution in [0.25, 0.3) is 0 Å². The van der Waals surface area contributed by atoms with Crippen LogP contribution in [-0.4, -0.2) is 0 Å². The first-order chi connectivity index (χ1) is 5.11. The fourth-order valence-corrected chi connectivity index (χ4v) is 2.13. The molecule has 0 aromatic heterocycles. The highest BCUT2D eigenvalue weighted by Crippen LogP contribution is 2.34. The maximum Gasteiger partial charge on any atom is -0.0352 e. The molecule has 11 heavy (non-hydrogen) atoms. The van der Waals surface area contributed by atoms with Gasteiger partial charge < -0.3 is 0 Å². The van der Waals surface area contributed by atoms with Gasteiger partial charge in [0.2, 0.25) is 0 Å². The van der Waals surface area contributed by atoms with E-state index in [1.54, 1.807) is 0 Å². The van der Waals surface area contributed by atoms with Crippen LogP contribution in [0, 0.1) is 30.1 Å². The summed E-state index contributed by atoms with van der Waals surface area (Å²) in [7, 11) is 0. The fraction of sp³-hybridized carbons (Fsp3) is 0.909. The molecule has 1 radical (unpaired) electrons. The van der Waals surface area contributed by atoms with E-state index in [4.69, 9.17) is 0 Å². The minimum atomic E-state index is 0.829. The topological polar surface area (TPSA) is 0 Å². The molecule has 0 amide bonds. The summed E-state index contributed by atoms with van der Waals surface area (Å²) < 4.78 is 0. The van der Waals surface area contributed by atoms with Gasteiger partial charge in [0, 0.05) is 0 Å². The van der Waals surface area contributed by atoms with E-state index in [9.17, 15) is 0 Å². The van der Waals surface area contributed by atoms with Crippen LogP contribution in [0.5, 0.6) is 0 Å². The summed E-state index contributed by atoms with van der Waals surface area (Å²) in [5.74, 6) is 3.55. The van der Waals surface area contributed by atoms with E-state index >= 15 is 0 Å². The highest BCUT2D eigenvalue weighted by Gasteiger charge is 2.24. The quantitative estimate of drug-likeness (QED) is 0.467. The van der Waals surface area contributed by atoms with Gasteiger partial charge in [-0.2, -0.15) is 0 Å². The highest BCUT2D eigenvalue weighted by molar-refractivity contribution is 4.85. The van der Waals surface area contributed by atoms with Gasteiger partial charge in [-0.3, -0.25) is 0 Å². The van der Waals surface area contributed by atoms with E-state index in [1.807, 2.05) is 0 Å². The molecule has 0 aromatic carbocycles. The molecular formula is C11H21. The zero-order valence-electron chi connectivity index (χ0n) is 8.30. The van der Waals surface area contributed by atoms with Crippen molar-refractivity contribution in [3.63, 3.8) is 0 Å². The third-order valence-corrected chi connectivity index (χ3v) is 3.41. The Morgan fingerprint density at radius 3 is 2.36 bits per heavy atom. The lowest BCUT2D eigenvalue weighted by Crippen LogP contribution is -2.14. The zero-order valence-corrected chi connectivity index (χ0v) is 8.30. The lowest BCUT2D eigenvalue weighted by molar-refractivity contribution is 0.294. The molecule has 0 bridgehead atoms. The smallest absolute Gasteiger partial charge is 0.0352 e. The summed E-state index contributed by atoms with van der Waals surface area (Å²) in [5, 5.41) is 0. The van der Waals surface area contributed by atoms with E-state index in [-0.39, 0.29) is 0 Å². The second-order valence-corrected chi connectivity index (χ2v) is 4.51. The predicted octanol–water partition coefficient (Wildman–Crippen LogP) is 3.53. The molecule has 1 aliphatic rings. The van der Waals surface area contributed by atoms with Crippen molar-refractivity contribution in [3.8, 4) is 0 Å². The zero-order chi connectivity index (χ0) is 8.43. The summed E-state index contributed by atoms with van der Waals surface area (Å²) in [6.45, 7) is 9.53. The van der Waals surface area contributed by atoms with Gasteiger partial charge in [-0.1, -0.05) is 27.7 Å². The Bertz CT molecular complexity index is 117. The van der Waals surface area contributed by atoms with E-state index in [0.29, 0.717) is 0 Å². The molecule has 1 fully saturated rings. The molecule has 4 atom stereocenters. The molecule has 0 spiro atoms. The van der Waals surface area contributed by atoms with Gasteiger partial charge in [0.1, 0.15) is 0 Å². The van der Waals surface area contributed by atoms with Gasteiger partial charge in [0.05, 0.1) is 0 Å². The Hall–Kier alpha value is 0. The molecule has 1 saturated carbocycles. The molecule has 0 nitrogen and oxygen atoms in total. The van der Waals surface area contributed by atoms with Gasteiger partial charge in [-0.15, -0.1) is 0 Å². The normalized spacial score (nSPS) is 46.9. The maximum absolute atomic E-state index is 2.51. The van der Waals surface area contributed by atoms with Gasteiger partial charge in [-0.25, -0.2) is 0 Å². The minimum Gasteiger partial charge on any atom is -0.0625 e. The molecular weight excluding hydrogens is 132 g/mol. The number of rotatable bonds is 0.